The van der Waals surface area contributed by atoms with E-state index in [4.69, 9.17) is 23.2 Å². The Morgan fingerprint density at radius 1 is 0.786 bits per heavy atom. The van der Waals surface area contributed by atoms with Gasteiger partial charge in [0.25, 0.3) is 0 Å². The molecule has 0 bridgehead atoms. The summed E-state index contributed by atoms with van der Waals surface area (Å²) >= 11 is 14.9. The van der Waals surface area contributed by atoms with Gasteiger partial charge in [-0.1, -0.05) is 35.3 Å². The molecule has 2 nitrogen and oxygen atoms in total. The molecule has 3 aromatic rings. The summed E-state index contributed by atoms with van der Waals surface area (Å²) in [6.45, 7) is 0. The molecule has 0 spiro atoms. The Morgan fingerprint density at radius 3 is 1.82 bits per heavy atom. The lowest BCUT2D eigenvalue weighted by Gasteiger charge is -2.05. The van der Waals surface area contributed by atoms with Crippen LogP contribution in [0.4, 0.5) is 13.2 Å². The molecule has 9 heteroatoms. The highest BCUT2D eigenvalue weighted by Gasteiger charge is 2.17. The first-order chi connectivity index (χ1) is 13.1. The van der Waals surface area contributed by atoms with Gasteiger partial charge >= 0.3 is 0 Å². The van der Waals surface area contributed by atoms with Gasteiger partial charge in [0, 0.05) is 4.90 Å². The quantitative estimate of drug-likeness (QED) is 0.361. The largest absolute Gasteiger partial charge is 0.223 e. The molecule has 28 heavy (non-hydrogen) atoms. The topological polar surface area (TPSA) is 34.1 Å². The van der Waals surface area contributed by atoms with Gasteiger partial charge in [0.1, 0.15) is 17.5 Å². The number of rotatable bonds is 3. The number of hydrogen-bond acceptors (Lipinski definition) is 3. The Bertz CT molecular complexity index is 1070. The van der Waals surface area contributed by atoms with Crippen molar-refractivity contribution < 1.29 is 21.6 Å². The second kappa shape index (κ2) is 9.69. The third-order valence-electron chi connectivity index (χ3n) is 3.42. The van der Waals surface area contributed by atoms with Crippen molar-refractivity contribution in [2.75, 3.05) is 0 Å². The SMILES string of the molecule is Fc1ccc(S)cc1Cl.O=S(=O)(Cc1ccc(F)cc1)c1ccc(F)c(Cl)c1. The first kappa shape index (κ1) is 22.6. The minimum Gasteiger partial charge on any atom is -0.223 e. The average Bonchev–Trinajstić information content (AvgIpc) is 2.63. The normalized spacial score (nSPS) is 10.9. The Hall–Kier alpha value is -1.67. The van der Waals surface area contributed by atoms with Crippen LogP contribution in [0.25, 0.3) is 0 Å². The summed E-state index contributed by atoms with van der Waals surface area (Å²) < 4.78 is 62.2. The third kappa shape index (κ3) is 6.44. The van der Waals surface area contributed by atoms with Crippen molar-refractivity contribution in [2.24, 2.45) is 0 Å². The van der Waals surface area contributed by atoms with Gasteiger partial charge in [0.15, 0.2) is 9.84 Å². The molecule has 0 aliphatic heterocycles. The lowest BCUT2D eigenvalue weighted by molar-refractivity contribution is 0.593. The predicted molar refractivity (Wildman–Crippen MR) is 107 cm³/mol. The van der Waals surface area contributed by atoms with E-state index in [-0.39, 0.29) is 20.7 Å². The van der Waals surface area contributed by atoms with Crippen LogP contribution >= 0.6 is 35.8 Å². The lowest BCUT2D eigenvalue weighted by atomic mass is 10.2. The van der Waals surface area contributed by atoms with Crippen LogP contribution in [0.2, 0.25) is 10.0 Å². The summed E-state index contributed by atoms with van der Waals surface area (Å²) in [4.78, 5) is 0.602. The van der Waals surface area contributed by atoms with Gasteiger partial charge < -0.3 is 0 Å². The molecule has 0 saturated heterocycles. The number of hydrogen-bond donors (Lipinski definition) is 1. The maximum Gasteiger partial charge on any atom is 0.182 e. The summed E-state index contributed by atoms with van der Waals surface area (Å²) in [5.74, 6) is -1.82. The highest BCUT2D eigenvalue weighted by molar-refractivity contribution is 7.90. The molecule has 0 aromatic heterocycles. The van der Waals surface area contributed by atoms with E-state index in [1.54, 1.807) is 6.07 Å². The number of sulfone groups is 1. The van der Waals surface area contributed by atoms with Crippen LogP contribution in [0.3, 0.4) is 0 Å². The molecular weight excluding hydrogens is 452 g/mol. The van der Waals surface area contributed by atoms with Gasteiger partial charge in [-0.15, -0.1) is 12.6 Å². The van der Waals surface area contributed by atoms with E-state index in [1.165, 1.54) is 36.4 Å². The number of halogens is 5. The Kier molecular flexibility index (Phi) is 7.83. The Labute approximate surface area is 176 Å². The van der Waals surface area contributed by atoms with Gasteiger partial charge in [-0.3, -0.25) is 0 Å². The van der Waals surface area contributed by atoms with Crippen molar-refractivity contribution in [3.05, 3.63) is 93.7 Å². The molecular formula is C19H13Cl2F3O2S2. The standard InChI is InChI=1S/C13H9ClF2O2S.C6H4ClFS/c14-12-7-11(5-6-13(12)16)19(17,18)8-9-1-3-10(15)4-2-9;7-5-3-4(9)1-2-6(5)8/h1-7H,8H2;1-3,9H. The average molecular weight is 465 g/mol. The fourth-order valence-electron chi connectivity index (χ4n) is 2.04. The summed E-state index contributed by atoms with van der Waals surface area (Å²) in [6.07, 6.45) is 0. The highest BCUT2D eigenvalue weighted by Crippen LogP contribution is 2.22. The van der Waals surface area contributed by atoms with Crippen LogP contribution in [0, 0.1) is 17.5 Å². The van der Waals surface area contributed by atoms with E-state index >= 15 is 0 Å². The van der Waals surface area contributed by atoms with Gasteiger partial charge in [-0.2, -0.15) is 0 Å². The zero-order valence-electron chi connectivity index (χ0n) is 14.0. The molecule has 0 N–H and O–H groups in total. The summed E-state index contributed by atoms with van der Waals surface area (Å²) in [5.41, 5.74) is 0.446. The zero-order valence-corrected chi connectivity index (χ0v) is 17.3. The van der Waals surface area contributed by atoms with Crippen molar-refractivity contribution in [3.63, 3.8) is 0 Å². The third-order valence-corrected chi connectivity index (χ3v) is 5.97. The molecule has 0 aliphatic rings. The van der Waals surface area contributed by atoms with Crippen LogP contribution < -0.4 is 0 Å². The molecule has 0 unspecified atom stereocenters. The second-order valence-corrected chi connectivity index (χ2v) is 8.88. The van der Waals surface area contributed by atoms with Gasteiger partial charge in [0.2, 0.25) is 0 Å². The minimum absolute atomic E-state index is 0.0665. The molecule has 0 amide bonds. The molecule has 0 atom stereocenters. The molecule has 0 saturated carbocycles. The van der Waals surface area contributed by atoms with E-state index in [1.807, 2.05) is 0 Å². The Morgan fingerprint density at radius 2 is 1.32 bits per heavy atom. The molecule has 0 radical (unpaired) electrons. The summed E-state index contributed by atoms with van der Waals surface area (Å²) in [5, 5.41) is -0.136. The smallest absolute Gasteiger partial charge is 0.182 e. The summed E-state index contributed by atoms with van der Waals surface area (Å²) in [6, 6.07) is 12.6. The monoisotopic (exact) mass is 464 g/mol. The molecule has 0 aliphatic carbocycles. The van der Waals surface area contributed by atoms with Crippen molar-refractivity contribution in [1.29, 1.82) is 0 Å². The van der Waals surface area contributed by atoms with Crippen LogP contribution in [0.1, 0.15) is 5.56 Å². The molecule has 0 fully saturated rings. The first-order valence-electron chi connectivity index (χ1n) is 7.65. The van der Waals surface area contributed by atoms with Crippen molar-refractivity contribution in [1.82, 2.24) is 0 Å². The van der Waals surface area contributed by atoms with E-state index < -0.39 is 27.3 Å². The molecule has 0 heterocycles. The highest BCUT2D eigenvalue weighted by atomic mass is 35.5. The number of thiol groups is 1. The molecule has 148 valence electrons. The predicted octanol–water partition coefficient (Wildman–Crippen LogP) is 6.36. The van der Waals surface area contributed by atoms with Crippen molar-refractivity contribution in [3.8, 4) is 0 Å². The van der Waals surface area contributed by atoms with Gasteiger partial charge in [-0.25, -0.2) is 21.6 Å². The van der Waals surface area contributed by atoms with E-state index in [0.29, 0.717) is 10.5 Å². The fourth-order valence-corrected chi connectivity index (χ4v) is 4.11. The van der Waals surface area contributed by atoms with E-state index in [0.717, 1.165) is 18.2 Å². The zero-order chi connectivity index (χ0) is 20.9. The van der Waals surface area contributed by atoms with Gasteiger partial charge in [-0.05, 0) is 54.1 Å². The van der Waals surface area contributed by atoms with Crippen LogP contribution in [0.5, 0.6) is 0 Å². The minimum atomic E-state index is -3.64. The maximum absolute atomic E-state index is 13.0. The summed E-state index contributed by atoms with van der Waals surface area (Å²) in [7, 11) is -3.64. The maximum atomic E-state index is 13.0. The van der Waals surface area contributed by atoms with Crippen LogP contribution in [0.15, 0.2) is 70.5 Å². The number of benzene rings is 3. The van der Waals surface area contributed by atoms with Gasteiger partial charge in [0.05, 0.1) is 20.7 Å². The molecule has 3 rings (SSSR count). The second-order valence-electron chi connectivity index (χ2n) is 5.56. The fraction of sp³-hybridized carbons (Fsp3) is 0.0526. The van der Waals surface area contributed by atoms with E-state index in [2.05, 4.69) is 12.6 Å². The van der Waals surface area contributed by atoms with E-state index in [9.17, 15) is 21.6 Å². The Balaban J connectivity index is 0.000000261. The molecule has 3 aromatic carbocycles. The lowest BCUT2D eigenvalue weighted by Crippen LogP contribution is -2.05. The van der Waals surface area contributed by atoms with Crippen LogP contribution in [-0.4, -0.2) is 8.42 Å². The van der Waals surface area contributed by atoms with Crippen molar-refractivity contribution >= 4 is 45.7 Å². The van der Waals surface area contributed by atoms with Crippen molar-refractivity contribution in [2.45, 2.75) is 15.5 Å². The van der Waals surface area contributed by atoms with Crippen LogP contribution in [-0.2, 0) is 15.6 Å². The first-order valence-corrected chi connectivity index (χ1v) is 10.5.